The first kappa shape index (κ1) is 16.1. The number of rotatable bonds is 3. The van der Waals surface area contributed by atoms with Crippen molar-refractivity contribution in [3.05, 3.63) is 28.8 Å². The summed E-state index contributed by atoms with van der Waals surface area (Å²) in [7, 11) is 1.58. The van der Waals surface area contributed by atoms with Crippen LogP contribution in [0.15, 0.2) is 18.2 Å². The average Bonchev–Trinajstić information content (AvgIpc) is 2.60. The van der Waals surface area contributed by atoms with Crippen molar-refractivity contribution >= 4 is 17.5 Å². The van der Waals surface area contributed by atoms with Crippen molar-refractivity contribution in [2.75, 3.05) is 20.2 Å². The Morgan fingerprint density at radius 3 is 2.90 bits per heavy atom. The number of nitrogens with zero attached hydrogens (tertiary/aromatic N) is 1. The van der Waals surface area contributed by atoms with E-state index in [4.69, 9.17) is 16.3 Å². The fourth-order valence-electron chi connectivity index (χ4n) is 2.67. The quantitative estimate of drug-likeness (QED) is 0.933. The van der Waals surface area contributed by atoms with E-state index in [2.05, 4.69) is 0 Å². The smallest absolute Gasteiger partial charge is 0.227 e. The molecule has 21 heavy (non-hydrogen) atoms. The van der Waals surface area contributed by atoms with Gasteiger partial charge in [-0.2, -0.15) is 0 Å². The number of likely N-dealkylation sites (tertiary alicyclic amines) is 1. The van der Waals surface area contributed by atoms with Crippen LogP contribution in [0.3, 0.4) is 0 Å². The third-order valence-corrected chi connectivity index (χ3v) is 4.24. The molecule has 1 heterocycles. The number of benzene rings is 1. The molecule has 1 aliphatic heterocycles. The molecule has 0 saturated carbocycles. The molecule has 1 unspecified atom stereocenters. The Labute approximate surface area is 130 Å². The highest BCUT2D eigenvalue weighted by Crippen LogP contribution is 2.25. The summed E-state index contributed by atoms with van der Waals surface area (Å²) in [6, 6.07) is 5.29. The molecule has 5 heteroatoms. The summed E-state index contributed by atoms with van der Waals surface area (Å²) in [5.74, 6) is 0.725. The zero-order chi connectivity index (χ0) is 15.5. The molecule has 0 spiro atoms. The number of hydrogen-bond donors (Lipinski definition) is 1. The van der Waals surface area contributed by atoms with E-state index in [0.29, 0.717) is 30.3 Å². The van der Waals surface area contributed by atoms with Gasteiger partial charge in [-0.3, -0.25) is 4.79 Å². The van der Waals surface area contributed by atoms with Gasteiger partial charge >= 0.3 is 0 Å². The molecule has 1 saturated heterocycles. The van der Waals surface area contributed by atoms with E-state index in [-0.39, 0.29) is 12.3 Å². The molecule has 1 aromatic carbocycles. The molecule has 1 aliphatic rings. The van der Waals surface area contributed by atoms with Gasteiger partial charge in [0.2, 0.25) is 5.91 Å². The maximum Gasteiger partial charge on any atom is 0.227 e. The summed E-state index contributed by atoms with van der Waals surface area (Å²) < 4.78 is 5.28. The lowest BCUT2D eigenvalue weighted by molar-refractivity contribution is -0.130. The summed E-state index contributed by atoms with van der Waals surface area (Å²) in [6.07, 6.45) is 2.44. The van der Waals surface area contributed by atoms with Crippen molar-refractivity contribution < 1.29 is 14.6 Å². The van der Waals surface area contributed by atoms with E-state index < -0.39 is 5.60 Å². The van der Waals surface area contributed by atoms with Gasteiger partial charge < -0.3 is 14.7 Å². The molecule has 1 fully saturated rings. The number of amides is 1. The Morgan fingerprint density at radius 1 is 1.43 bits per heavy atom. The first-order chi connectivity index (χ1) is 9.91. The SMILES string of the molecule is COc1ccc(Cl)cc1CC(=O)N1CCCC(C)(O)CC1. The average molecular weight is 312 g/mol. The molecule has 4 nitrogen and oxygen atoms in total. The minimum atomic E-state index is -0.664. The van der Waals surface area contributed by atoms with Gasteiger partial charge in [0.1, 0.15) is 5.75 Å². The molecule has 1 amide bonds. The summed E-state index contributed by atoms with van der Waals surface area (Å²) in [4.78, 5) is 14.3. The molecular formula is C16H22ClNO3. The Hall–Kier alpha value is -1.26. The second-order valence-electron chi connectivity index (χ2n) is 5.86. The lowest BCUT2D eigenvalue weighted by Crippen LogP contribution is -2.34. The summed E-state index contributed by atoms with van der Waals surface area (Å²) in [6.45, 7) is 3.12. The van der Waals surface area contributed by atoms with Crippen LogP contribution in [-0.4, -0.2) is 41.7 Å². The van der Waals surface area contributed by atoms with Crippen molar-refractivity contribution in [3.8, 4) is 5.75 Å². The van der Waals surface area contributed by atoms with Crippen molar-refractivity contribution in [3.63, 3.8) is 0 Å². The highest BCUT2D eigenvalue weighted by Gasteiger charge is 2.27. The number of ether oxygens (including phenoxy) is 1. The number of hydrogen-bond acceptors (Lipinski definition) is 3. The Morgan fingerprint density at radius 2 is 2.19 bits per heavy atom. The molecule has 1 aromatic rings. The van der Waals surface area contributed by atoms with Crippen molar-refractivity contribution in [1.82, 2.24) is 4.90 Å². The number of aliphatic hydroxyl groups is 1. The van der Waals surface area contributed by atoms with Gasteiger partial charge in [0.25, 0.3) is 0 Å². The molecule has 2 rings (SSSR count). The van der Waals surface area contributed by atoms with Gasteiger partial charge in [-0.15, -0.1) is 0 Å². The number of methoxy groups -OCH3 is 1. The van der Waals surface area contributed by atoms with Gasteiger partial charge in [-0.1, -0.05) is 11.6 Å². The molecule has 1 atom stereocenters. The van der Waals surface area contributed by atoms with E-state index in [0.717, 1.165) is 18.4 Å². The molecule has 0 bridgehead atoms. The zero-order valence-electron chi connectivity index (χ0n) is 12.6. The van der Waals surface area contributed by atoms with Crippen LogP contribution in [0.25, 0.3) is 0 Å². The maximum atomic E-state index is 12.5. The van der Waals surface area contributed by atoms with Gasteiger partial charge in [-0.05, 0) is 44.4 Å². The predicted molar refractivity (Wildman–Crippen MR) is 82.8 cm³/mol. The van der Waals surface area contributed by atoms with Gasteiger partial charge in [0, 0.05) is 23.7 Å². The normalized spacial score (nSPS) is 22.8. The topological polar surface area (TPSA) is 49.8 Å². The van der Waals surface area contributed by atoms with Crippen LogP contribution in [-0.2, 0) is 11.2 Å². The molecule has 0 aromatic heterocycles. The number of halogens is 1. The highest BCUT2D eigenvalue weighted by atomic mass is 35.5. The van der Waals surface area contributed by atoms with E-state index in [1.54, 1.807) is 25.3 Å². The van der Waals surface area contributed by atoms with Crippen LogP contribution < -0.4 is 4.74 Å². The second kappa shape index (κ2) is 6.67. The molecule has 116 valence electrons. The van der Waals surface area contributed by atoms with E-state index >= 15 is 0 Å². The molecule has 0 aliphatic carbocycles. The zero-order valence-corrected chi connectivity index (χ0v) is 13.3. The van der Waals surface area contributed by atoms with Gasteiger partial charge in [0.15, 0.2) is 0 Å². The van der Waals surface area contributed by atoms with Crippen LogP contribution in [0.2, 0.25) is 5.02 Å². The Balaban J connectivity index is 2.06. The largest absolute Gasteiger partial charge is 0.496 e. The Kier molecular flexibility index (Phi) is 5.12. The fraction of sp³-hybridized carbons (Fsp3) is 0.562. The fourth-order valence-corrected chi connectivity index (χ4v) is 2.87. The number of carbonyl (C=O) groups excluding carboxylic acids is 1. The molecular weight excluding hydrogens is 290 g/mol. The van der Waals surface area contributed by atoms with Gasteiger partial charge in [-0.25, -0.2) is 0 Å². The summed E-state index contributed by atoms with van der Waals surface area (Å²) in [5.41, 5.74) is 0.133. The lowest BCUT2D eigenvalue weighted by atomic mass is 9.98. The van der Waals surface area contributed by atoms with Crippen molar-refractivity contribution in [2.45, 2.75) is 38.2 Å². The third kappa shape index (κ3) is 4.35. The second-order valence-corrected chi connectivity index (χ2v) is 6.30. The van der Waals surface area contributed by atoms with Crippen LogP contribution in [0.4, 0.5) is 0 Å². The van der Waals surface area contributed by atoms with E-state index in [1.165, 1.54) is 0 Å². The molecule has 1 N–H and O–H groups in total. The maximum absolute atomic E-state index is 12.5. The highest BCUT2D eigenvalue weighted by molar-refractivity contribution is 6.30. The minimum Gasteiger partial charge on any atom is -0.496 e. The van der Waals surface area contributed by atoms with Gasteiger partial charge in [0.05, 0.1) is 19.1 Å². The first-order valence-electron chi connectivity index (χ1n) is 7.24. The first-order valence-corrected chi connectivity index (χ1v) is 7.62. The van der Waals surface area contributed by atoms with Crippen LogP contribution >= 0.6 is 11.6 Å². The van der Waals surface area contributed by atoms with Crippen LogP contribution in [0.1, 0.15) is 31.7 Å². The monoisotopic (exact) mass is 311 g/mol. The van der Waals surface area contributed by atoms with E-state index in [9.17, 15) is 9.90 Å². The van der Waals surface area contributed by atoms with Crippen molar-refractivity contribution in [2.24, 2.45) is 0 Å². The standard InChI is InChI=1S/C16H22ClNO3/c1-16(20)6-3-8-18(9-7-16)15(19)11-12-10-13(17)4-5-14(12)21-2/h4-5,10,20H,3,6-9,11H2,1-2H3. The van der Waals surface area contributed by atoms with E-state index in [1.807, 2.05) is 11.8 Å². The number of carbonyl (C=O) groups is 1. The van der Waals surface area contributed by atoms with Crippen LogP contribution in [0.5, 0.6) is 5.75 Å². The van der Waals surface area contributed by atoms with Crippen LogP contribution in [0, 0.1) is 0 Å². The van der Waals surface area contributed by atoms with Crippen molar-refractivity contribution in [1.29, 1.82) is 0 Å². The lowest BCUT2D eigenvalue weighted by Gasteiger charge is -2.23. The Bertz CT molecular complexity index is 516. The summed E-state index contributed by atoms with van der Waals surface area (Å²) in [5, 5.41) is 10.7. The minimum absolute atomic E-state index is 0.0493. The third-order valence-electron chi connectivity index (χ3n) is 4.00. The predicted octanol–water partition coefficient (Wildman–Crippen LogP) is 2.65. The molecule has 0 radical (unpaired) electrons. The summed E-state index contributed by atoms with van der Waals surface area (Å²) >= 11 is 5.99.